The van der Waals surface area contributed by atoms with Crippen LogP contribution in [0.1, 0.15) is 6.92 Å². The van der Waals surface area contributed by atoms with Crippen LogP contribution >= 0.6 is 11.6 Å². The molecule has 0 fully saturated rings. The van der Waals surface area contributed by atoms with Gasteiger partial charge < -0.3 is 5.32 Å². The van der Waals surface area contributed by atoms with Crippen molar-refractivity contribution in [3.63, 3.8) is 0 Å². The summed E-state index contributed by atoms with van der Waals surface area (Å²) in [6.45, 7) is 1.42. The van der Waals surface area contributed by atoms with Gasteiger partial charge in [-0.25, -0.2) is 4.98 Å². The van der Waals surface area contributed by atoms with Crippen LogP contribution in [0, 0.1) is 6.20 Å². The minimum Gasteiger partial charge on any atom is -0.324 e. The maximum Gasteiger partial charge on any atom is 0.221 e. The zero-order valence-corrected chi connectivity index (χ0v) is 6.64. The lowest BCUT2D eigenvalue weighted by Crippen LogP contribution is -2.05. The first-order chi connectivity index (χ1) is 5.18. The monoisotopic (exact) mass is 169 g/mol. The summed E-state index contributed by atoms with van der Waals surface area (Å²) in [5.41, 5.74) is 0.530. The van der Waals surface area contributed by atoms with Gasteiger partial charge in [0.1, 0.15) is 11.3 Å². The Bertz CT molecular complexity index is 258. The Morgan fingerprint density at radius 2 is 2.45 bits per heavy atom. The number of rotatable bonds is 1. The van der Waals surface area contributed by atoms with Gasteiger partial charge in [-0.1, -0.05) is 11.6 Å². The molecule has 1 heterocycles. The number of carbonyl (C=O) groups excluding carboxylic acids is 1. The van der Waals surface area contributed by atoms with Crippen molar-refractivity contribution in [3.8, 4) is 0 Å². The zero-order chi connectivity index (χ0) is 8.27. The highest BCUT2D eigenvalue weighted by atomic mass is 35.5. The number of amides is 1. The minimum absolute atomic E-state index is 0.148. The normalized spacial score (nSPS) is 9.27. The third-order valence-electron chi connectivity index (χ3n) is 0.981. The van der Waals surface area contributed by atoms with E-state index in [4.69, 9.17) is 11.6 Å². The maximum absolute atomic E-state index is 10.5. The molecule has 1 N–H and O–H groups in total. The van der Waals surface area contributed by atoms with Crippen LogP contribution < -0.4 is 5.32 Å². The third kappa shape index (κ3) is 2.55. The van der Waals surface area contributed by atoms with Crippen molar-refractivity contribution < 1.29 is 4.79 Å². The summed E-state index contributed by atoms with van der Waals surface area (Å²) >= 11 is 5.49. The molecule has 11 heavy (non-hydrogen) atoms. The van der Waals surface area contributed by atoms with Gasteiger partial charge in [0.2, 0.25) is 5.91 Å². The van der Waals surface area contributed by atoms with Crippen molar-refractivity contribution in [2.75, 3.05) is 5.32 Å². The second-order valence-corrected chi connectivity index (χ2v) is 2.36. The fourth-order valence-electron chi connectivity index (χ4n) is 0.600. The van der Waals surface area contributed by atoms with Crippen LogP contribution in [0.2, 0.25) is 5.15 Å². The SMILES string of the molecule is CC(=O)Nc1[c]nc(Cl)cc1. The Balaban J connectivity index is 2.74. The first-order valence-corrected chi connectivity index (χ1v) is 3.38. The van der Waals surface area contributed by atoms with E-state index in [9.17, 15) is 4.79 Å². The molecule has 57 valence electrons. The molecular weight excluding hydrogens is 164 g/mol. The second-order valence-electron chi connectivity index (χ2n) is 1.97. The Hall–Kier alpha value is -1.09. The molecular formula is C7H6ClN2O. The van der Waals surface area contributed by atoms with Crippen molar-refractivity contribution >= 4 is 23.2 Å². The molecule has 1 rings (SSSR count). The van der Waals surface area contributed by atoms with Gasteiger partial charge in [0.25, 0.3) is 0 Å². The maximum atomic E-state index is 10.5. The summed E-state index contributed by atoms with van der Waals surface area (Å²) in [6.07, 6.45) is 2.55. The third-order valence-corrected chi connectivity index (χ3v) is 1.19. The van der Waals surface area contributed by atoms with Crippen molar-refractivity contribution in [2.24, 2.45) is 0 Å². The number of pyridine rings is 1. The fraction of sp³-hybridized carbons (Fsp3) is 0.143. The van der Waals surface area contributed by atoms with Gasteiger partial charge in [-0.05, 0) is 12.1 Å². The summed E-state index contributed by atoms with van der Waals surface area (Å²) in [5, 5.41) is 2.88. The van der Waals surface area contributed by atoms with Crippen molar-refractivity contribution in [1.29, 1.82) is 0 Å². The van der Waals surface area contributed by atoms with E-state index in [1.807, 2.05) is 0 Å². The van der Waals surface area contributed by atoms with Crippen LogP contribution in [0.5, 0.6) is 0 Å². The number of nitrogens with zero attached hydrogens (tertiary/aromatic N) is 1. The summed E-state index contributed by atoms with van der Waals surface area (Å²) in [5.74, 6) is -0.148. The molecule has 0 unspecified atom stereocenters. The van der Waals surface area contributed by atoms with Gasteiger partial charge in [-0.15, -0.1) is 0 Å². The second kappa shape index (κ2) is 3.34. The molecule has 1 amide bonds. The Kier molecular flexibility index (Phi) is 2.44. The van der Waals surface area contributed by atoms with Crippen LogP contribution in [0.15, 0.2) is 12.1 Å². The average Bonchev–Trinajstić information content (AvgIpc) is 1.93. The van der Waals surface area contributed by atoms with Gasteiger partial charge in [0.15, 0.2) is 0 Å². The first-order valence-electron chi connectivity index (χ1n) is 3.00. The molecule has 3 nitrogen and oxygen atoms in total. The molecule has 1 radical (unpaired) electrons. The molecule has 0 aromatic carbocycles. The van der Waals surface area contributed by atoms with E-state index in [1.54, 1.807) is 12.1 Å². The van der Waals surface area contributed by atoms with Gasteiger partial charge in [0.05, 0.1) is 5.69 Å². The summed E-state index contributed by atoms with van der Waals surface area (Å²) in [7, 11) is 0. The number of anilines is 1. The molecule has 0 aliphatic carbocycles. The topological polar surface area (TPSA) is 42.0 Å². The van der Waals surface area contributed by atoms with E-state index in [0.717, 1.165) is 0 Å². The number of hydrogen-bond donors (Lipinski definition) is 1. The van der Waals surface area contributed by atoms with Crippen LogP contribution in [0.3, 0.4) is 0 Å². The van der Waals surface area contributed by atoms with Gasteiger partial charge in [0, 0.05) is 6.92 Å². The zero-order valence-electron chi connectivity index (χ0n) is 5.89. The number of carbonyl (C=O) groups is 1. The lowest BCUT2D eigenvalue weighted by molar-refractivity contribution is -0.114. The number of nitrogens with one attached hydrogen (secondary N) is 1. The molecule has 0 bridgehead atoms. The highest BCUT2D eigenvalue weighted by Gasteiger charge is 1.95. The highest BCUT2D eigenvalue weighted by Crippen LogP contribution is 2.08. The Labute approximate surface area is 69.4 Å². The van der Waals surface area contributed by atoms with Crippen molar-refractivity contribution in [2.45, 2.75) is 6.92 Å². The van der Waals surface area contributed by atoms with Gasteiger partial charge >= 0.3 is 0 Å². The number of hydrogen-bond acceptors (Lipinski definition) is 2. The van der Waals surface area contributed by atoms with Gasteiger partial charge in [-0.2, -0.15) is 0 Å². The van der Waals surface area contributed by atoms with Crippen LogP contribution in [-0.4, -0.2) is 10.9 Å². The molecule has 1 aromatic heterocycles. The lowest BCUT2D eigenvalue weighted by Gasteiger charge is -1.98. The van der Waals surface area contributed by atoms with E-state index in [0.29, 0.717) is 10.8 Å². The van der Waals surface area contributed by atoms with Crippen LogP contribution in [0.4, 0.5) is 5.69 Å². The predicted molar refractivity (Wildman–Crippen MR) is 42.4 cm³/mol. The Morgan fingerprint density at radius 3 is 2.91 bits per heavy atom. The molecule has 0 spiro atoms. The standard InChI is InChI=1S/C7H6ClN2O/c1-5(11)10-6-2-3-7(8)9-4-6/h2-3H,1H3,(H,10,11). The summed E-state index contributed by atoms with van der Waals surface area (Å²) in [4.78, 5) is 14.2. The molecule has 0 atom stereocenters. The van der Waals surface area contributed by atoms with Crippen molar-refractivity contribution in [1.82, 2.24) is 4.98 Å². The number of halogens is 1. The fourth-order valence-corrected chi connectivity index (χ4v) is 0.705. The smallest absolute Gasteiger partial charge is 0.221 e. The minimum atomic E-state index is -0.148. The average molecular weight is 170 g/mol. The molecule has 1 aromatic rings. The lowest BCUT2D eigenvalue weighted by atomic mass is 10.4. The molecule has 0 aliphatic rings. The Morgan fingerprint density at radius 1 is 1.73 bits per heavy atom. The molecule has 0 saturated carbocycles. The largest absolute Gasteiger partial charge is 0.324 e. The highest BCUT2D eigenvalue weighted by molar-refractivity contribution is 6.29. The number of aromatic nitrogens is 1. The van der Waals surface area contributed by atoms with E-state index in [1.165, 1.54) is 6.92 Å². The molecule has 0 aliphatic heterocycles. The molecule has 4 heteroatoms. The van der Waals surface area contributed by atoms with Crippen molar-refractivity contribution in [3.05, 3.63) is 23.5 Å². The summed E-state index contributed by atoms with van der Waals surface area (Å²) < 4.78 is 0. The molecule has 0 saturated heterocycles. The summed E-state index contributed by atoms with van der Waals surface area (Å²) in [6, 6.07) is 3.22. The van der Waals surface area contributed by atoms with Crippen LogP contribution in [0.25, 0.3) is 0 Å². The van der Waals surface area contributed by atoms with E-state index in [2.05, 4.69) is 16.5 Å². The van der Waals surface area contributed by atoms with Crippen LogP contribution in [-0.2, 0) is 4.79 Å². The van der Waals surface area contributed by atoms with Gasteiger partial charge in [-0.3, -0.25) is 4.79 Å². The van der Waals surface area contributed by atoms with E-state index in [-0.39, 0.29) is 5.91 Å². The quantitative estimate of drug-likeness (QED) is 0.648. The van der Waals surface area contributed by atoms with E-state index < -0.39 is 0 Å². The first kappa shape index (κ1) is 8.01. The predicted octanol–water partition coefficient (Wildman–Crippen LogP) is 1.49. The van der Waals surface area contributed by atoms with E-state index >= 15 is 0 Å².